The van der Waals surface area contributed by atoms with Gasteiger partial charge in [0.05, 0.1) is 12.3 Å². The minimum atomic E-state index is 0.635. The Kier molecular flexibility index (Phi) is 8.63. The van der Waals surface area contributed by atoms with Crippen LogP contribution in [-0.4, -0.2) is 24.0 Å². The quantitative estimate of drug-likeness (QED) is 0.477. The summed E-state index contributed by atoms with van der Waals surface area (Å²) in [6.45, 7) is 5.61. The van der Waals surface area contributed by atoms with Crippen molar-refractivity contribution in [3.05, 3.63) is 59.7 Å². The van der Waals surface area contributed by atoms with Crippen LogP contribution in [-0.2, 0) is 5.75 Å². The van der Waals surface area contributed by atoms with Gasteiger partial charge in [-0.1, -0.05) is 42.0 Å². The molecular weight excluding hydrogens is 348 g/mol. The lowest BCUT2D eigenvalue weighted by Gasteiger charge is -2.14. The highest BCUT2D eigenvalue weighted by molar-refractivity contribution is 7.98. The summed E-state index contributed by atoms with van der Waals surface area (Å²) in [6.07, 6.45) is 1.07. The minimum absolute atomic E-state index is 0.635. The van der Waals surface area contributed by atoms with Crippen LogP contribution in [0.4, 0.5) is 5.69 Å². The first-order valence-corrected chi connectivity index (χ1v) is 10.2. The van der Waals surface area contributed by atoms with Gasteiger partial charge in [-0.3, -0.25) is 0 Å². The molecule has 0 amide bonds. The lowest BCUT2D eigenvalue weighted by Crippen LogP contribution is -2.29. The van der Waals surface area contributed by atoms with E-state index in [0.717, 1.165) is 35.9 Å². The summed E-state index contributed by atoms with van der Waals surface area (Å²) in [5, 5.41) is 7.10. The molecule has 0 spiro atoms. The van der Waals surface area contributed by atoms with Gasteiger partial charge in [-0.25, -0.2) is 0 Å². The molecule has 0 fully saturated rings. The fraction of sp³-hybridized carbons (Fsp3) is 0.350. The minimum Gasteiger partial charge on any atom is -0.492 e. The van der Waals surface area contributed by atoms with E-state index in [-0.39, 0.29) is 0 Å². The van der Waals surface area contributed by atoms with Gasteiger partial charge in [-0.05, 0) is 55.9 Å². The van der Waals surface area contributed by atoms with Crippen LogP contribution < -0.4 is 15.4 Å². The zero-order chi connectivity index (χ0) is 17.9. The predicted octanol–water partition coefficient (Wildman–Crippen LogP) is 5.00. The van der Waals surface area contributed by atoms with Gasteiger partial charge in [0.1, 0.15) is 5.75 Å². The standard InChI is InChI=1S/C20H26N2OS2/c1-3-23-19-11-5-4-10-18(19)22-20(24)21-12-7-13-25-15-17-9-6-8-16(2)14-17/h4-6,8-11,14H,3,7,12-13,15H2,1-2H3,(H2,21,22,24). The molecule has 0 aliphatic rings. The molecule has 2 aromatic rings. The van der Waals surface area contributed by atoms with Crippen molar-refractivity contribution in [3.63, 3.8) is 0 Å². The Morgan fingerprint density at radius 2 is 2.00 bits per heavy atom. The smallest absolute Gasteiger partial charge is 0.170 e. The van der Waals surface area contributed by atoms with Gasteiger partial charge in [0.25, 0.3) is 0 Å². The Hall–Kier alpha value is -1.72. The van der Waals surface area contributed by atoms with Crippen molar-refractivity contribution in [2.24, 2.45) is 0 Å². The van der Waals surface area contributed by atoms with E-state index in [1.165, 1.54) is 11.1 Å². The summed E-state index contributed by atoms with van der Waals surface area (Å²) in [5.41, 5.74) is 3.61. The van der Waals surface area contributed by atoms with E-state index in [0.29, 0.717) is 11.7 Å². The van der Waals surface area contributed by atoms with Crippen LogP contribution in [0.2, 0.25) is 0 Å². The first-order valence-electron chi connectivity index (χ1n) is 8.59. The molecule has 0 saturated carbocycles. The summed E-state index contributed by atoms with van der Waals surface area (Å²) >= 11 is 7.32. The molecule has 0 aromatic heterocycles. The van der Waals surface area contributed by atoms with E-state index >= 15 is 0 Å². The topological polar surface area (TPSA) is 33.3 Å². The first kappa shape index (κ1) is 19.6. The number of ether oxygens (including phenoxy) is 1. The van der Waals surface area contributed by atoms with Crippen LogP contribution >= 0.6 is 24.0 Å². The lowest BCUT2D eigenvalue weighted by atomic mass is 10.2. The molecule has 5 heteroatoms. The normalized spacial score (nSPS) is 10.3. The van der Waals surface area contributed by atoms with E-state index < -0.39 is 0 Å². The molecule has 134 valence electrons. The van der Waals surface area contributed by atoms with Crippen molar-refractivity contribution in [3.8, 4) is 5.75 Å². The van der Waals surface area contributed by atoms with Gasteiger partial charge in [-0.15, -0.1) is 0 Å². The van der Waals surface area contributed by atoms with Crippen LogP contribution in [0.1, 0.15) is 24.5 Å². The van der Waals surface area contributed by atoms with E-state index in [4.69, 9.17) is 17.0 Å². The van der Waals surface area contributed by atoms with Gasteiger partial charge in [0.2, 0.25) is 0 Å². The summed E-state index contributed by atoms with van der Waals surface area (Å²) in [6, 6.07) is 16.5. The number of para-hydroxylation sites is 2. The Bertz CT molecular complexity index is 676. The van der Waals surface area contributed by atoms with E-state index in [9.17, 15) is 0 Å². The van der Waals surface area contributed by atoms with Crippen molar-refractivity contribution >= 4 is 34.8 Å². The SMILES string of the molecule is CCOc1ccccc1NC(=S)NCCCSCc1cccc(C)c1. The second-order valence-electron chi connectivity index (χ2n) is 5.71. The number of benzene rings is 2. The summed E-state index contributed by atoms with van der Waals surface area (Å²) in [7, 11) is 0. The molecule has 3 nitrogen and oxygen atoms in total. The second-order valence-corrected chi connectivity index (χ2v) is 7.22. The van der Waals surface area contributed by atoms with Crippen molar-refractivity contribution in [2.45, 2.75) is 26.0 Å². The molecule has 2 aromatic carbocycles. The molecule has 0 atom stereocenters. The van der Waals surface area contributed by atoms with Gasteiger partial charge in [-0.2, -0.15) is 11.8 Å². The van der Waals surface area contributed by atoms with E-state index in [1.54, 1.807) is 0 Å². The molecule has 0 aliphatic carbocycles. The average Bonchev–Trinajstić information content (AvgIpc) is 2.60. The van der Waals surface area contributed by atoms with Gasteiger partial charge >= 0.3 is 0 Å². The number of hydrogen-bond donors (Lipinski definition) is 2. The molecule has 0 heterocycles. The maximum absolute atomic E-state index is 5.59. The number of aryl methyl sites for hydroxylation is 1. The highest BCUT2D eigenvalue weighted by Crippen LogP contribution is 2.23. The van der Waals surface area contributed by atoms with Crippen LogP contribution in [0.3, 0.4) is 0 Å². The Morgan fingerprint density at radius 3 is 2.80 bits per heavy atom. The molecule has 0 radical (unpaired) electrons. The van der Waals surface area contributed by atoms with Crippen molar-refractivity contribution in [1.29, 1.82) is 0 Å². The summed E-state index contributed by atoms with van der Waals surface area (Å²) < 4.78 is 5.59. The zero-order valence-electron chi connectivity index (χ0n) is 14.9. The van der Waals surface area contributed by atoms with E-state index in [2.05, 4.69) is 41.8 Å². The Balaban J connectivity index is 1.62. The lowest BCUT2D eigenvalue weighted by molar-refractivity contribution is 0.342. The maximum atomic E-state index is 5.59. The Morgan fingerprint density at radius 1 is 1.16 bits per heavy atom. The average molecular weight is 375 g/mol. The highest BCUT2D eigenvalue weighted by Gasteiger charge is 2.04. The third kappa shape index (κ3) is 7.36. The van der Waals surface area contributed by atoms with Gasteiger partial charge < -0.3 is 15.4 Å². The number of hydrogen-bond acceptors (Lipinski definition) is 3. The molecule has 0 saturated heterocycles. The van der Waals surface area contributed by atoms with E-state index in [1.807, 2.05) is 43.0 Å². The maximum Gasteiger partial charge on any atom is 0.170 e. The fourth-order valence-corrected chi connectivity index (χ4v) is 3.51. The number of rotatable bonds is 9. The fourth-order valence-electron chi connectivity index (χ4n) is 2.39. The monoisotopic (exact) mass is 374 g/mol. The van der Waals surface area contributed by atoms with Crippen molar-refractivity contribution in [1.82, 2.24) is 5.32 Å². The zero-order valence-corrected chi connectivity index (χ0v) is 16.5. The Labute approximate surface area is 160 Å². The summed E-state index contributed by atoms with van der Waals surface area (Å²) in [4.78, 5) is 0. The number of nitrogens with one attached hydrogen (secondary N) is 2. The first-order chi connectivity index (χ1) is 12.2. The third-order valence-corrected chi connectivity index (χ3v) is 4.90. The van der Waals surface area contributed by atoms with Crippen LogP contribution in [0.25, 0.3) is 0 Å². The predicted molar refractivity (Wildman–Crippen MR) is 114 cm³/mol. The van der Waals surface area contributed by atoms with Gasteiger partial charge in [0.15, 0.2) is 5.11 Å². The van der Waals surface area contributed by atoms with Crippen LogP contribution in [0.5, 0.6) is 5.75 Å². The molecule has 0 unspecified atom stereocenters. The number of thiocarbonyl (C=S) groups is 1. The second kappa shape index (κ2) is 11.0. The molecule has 25 heavy (non-hydrogen) atoms. The molecule has 2 N–H and O–H groups in total. The van der Waals surface area contributed by atoms with Gasteiger partial charge in [0, 0.05) is 12.3 Å². The number of thioether (sulfide) groups is 1. The highest BCUT2D eigenvalue weighted by atomic mass is 32.2. The molecule has 0 aliphatic heterocycles. The van der Waals surface area contributed by atoms with Crippen LogP contribution in [0.15, 0.2) is 48.5 Å². The third-order valence-electron chi connectivity index (χ3n) is 3.54. The molecule has 2 rings (SSSR count). The van der Waals surface area contributed by atoms with Crippen molar-refractivity contribution < 1.29 is 4.74 Å². The number of anilines is 1. The molecular formula is C20H26N2OS2. The van der Waals surface area contributed by atoms with Crippen LogP contribution in [0, 0.1) is 6.92 Å². The largest absolute Gasteiger partial charge is 0.492 e. The summed E-state index contributed by atoms with van der Waals surface area (Å²) in [5.74, 6) is 2.99. The van der Waals surface area contributed by atoms with Crippen molar-refractivity contribution in [2.75, 3.05) is 24.2 Å². The molecule has 0 bridgehead atoms.